The zero-order valence-electron chi connectivity index (χ0n) is 30.4. The van der Waals surface area contributed by atoms with Crippen molar-refractivity contribution in [1.29, 1.82) is 0 Å². The first-order valence-corrected chi connectivity index (χ1v) is 17.6. The van der Waals surface area contributed by atoms with E-state index in [1.807, 2.05) is 24.3 Å². The Bertz CT molecular complexity index is 2240. The van der Waals surface area contributed by atoms with Crippen LogP contribution < -0.4 is 18.9 Å². The zero-order valence-corrected chi connectivity index (χ0v) is 30.4. The van der Waals surface area contributed by atoms with Crippen molar-refractivity contribution in [3.8, 4) is 23.0 Å². The van der Waals surface area contributed by atoms with Gasteiger partial charge in [0.25, 0.3) is 0 Å². The average molecular weight is 745 g/mol. The number of rotatable bonds is 19. The maximum Gasteiger partial charge on any atom is 0.343 e. The Hall–Kier alpha value is -6.75. The standard InChI is InChI=1S/C44H40O11/c1-4-41(46)52-22-8-6-20-50-36-16-14-30-24-34(12-10-32(30)26-36)43(48)54-38-18-19-40(39(28-38)29(3)45)55-44(49)35-13-11-33-27-37(17-15-31(33)25-35)51-21-7-9-23-53-42(47)5-2/h4-5,10-19,24-28H,1-2,6-9,20-23H2,3H3. The predicted octanol–water partition coefficient (Wildman–Crippen LogP) is 8.41. The maximum atomic E-state index is 13.2. The molecule has 0 aliphatic rings. The number of esters is 4. The molecule has 0 saturated carbocycles. The highest BCUT2D eigenvalue weighted by Gasteiger charge is 2.18. The number of ether oxygens (including phenoxy) is 6. The van der Waals surface area contributed by atoms with Crippen molar-refractivity contribution in [2.24, 2.45) is 0 Å². The second-order valence-electron chi connectivity index (χ2n) is 12.3. The number of Topliss-reactive ketones (excluding diaryl/α,β-unsaturated/α-hetero) is 1. The van der Waals surface area contributed by atoms with E-state index in [1.165, 1.54) is 25.1 Å². The summed E-state index contributed by atoms with van der Waals surface area (Å²) in [6.07, 6.45) is 4.97. The van der Waals surface area contributed by atoms with E-state index in [0.717, 1.165) is 33.7 Å². The van der Waals surface area contributed by atoms with Gasteiger partial charge in [0.05, 0.1) is 43.1 Å². The highest BCUT2D eigenvalue weighted by Crippen LogP contribution is 2.29. The van der Waals surface area contributed by atoms with Gasteiger partial charge in [0.15, 0.2) is 5.78 Å². The van der Waals surface area contributed by atoms with Crippen LogP contribution in [0.5, 0.6) is 23.0 Å². The first-order valence-electron chi connectivity index (χ1n) is 17.6. The van der Waals surface area contributed by atoms with Crippen molar-refractivity contribution in [3.63, 3.8) is 0 Å². The second kappa shape index (κ2) is 19.4. The van der Waals surface area contributed by atoms with Gasteiger partial charge in [-0.05, 0) is 121 Å². The number of hydrogen-bond acceptors (Lipinski definition) is 11. The van der Waals surface area contributed by atoms with Crippen LogP contribution in [0.4, 0.5) is 0 Å². The molecular weight excluding hydrogens is 704 g/mol. The van der Waals surface area contributed by atoms with Gasteiger partial charge in [0.1, 0.15) is 23.0 Å². The SMILES string of the molecule is C=CC(=O)OCCCCOc1ccc2cc(C(=O)Oc3ccc(OC(=O)c4ccc5cc(OCCCCOC(=O)C=C)ccc5c4)c(C(C)=O)c3)ccc2c1. The molecule has 0 unspecified atom stereocenters. The minimum Gasteiger partial charge on any atom is -0.494 e. The first kappa shape index (κ1) is 39.5. The third kappa shape index (κ3) is 11.4. The van der Waals surface area contributed by atoms with Crippen LogP contribution in [-0.2, 0) is 19.1 Å². The Labute approximate surface area is 318 Å². The fourth-order valence-electron chi connectivity index (χ4n) is 5.39. The normalized spacial score (nSPS) is 10.6. The van der Waals surface area contributed by atoms with Crippen LogP contribution in [0.1, 0.15) is 63.7 Å². The smallest absolute Gasteiger partial charge is 0.343 e. The second-order valence-corrected chi connectivity index (χ2v) is 12.3. The Morgan fingerprint density at radius 1 is 0.509 bits per heavy atom. The van der Waals surface area contributed by atoms with E-state index < -0.39 is 23.9 Å². The van der Waals surface area contributed by atoms with Crippen molar-refractivity contribution in [2.75, 3.05) is 26.4 Å². The van der Waals surface area contributed by atoms with Crippen molar-refractivity contribution in [2.45, 2.75) is 32.6 Å². The molecule has 11 heteroatoms. The van der Waals surface area contributed by atoms with Gasteiger partial charge in [-0.25, -0.2) is 19.2 Å². The monoisotopic (exact) mass is 744 g/mol. The van der Waals surface area contributed by atoms with Crippen LogP contribution >= 0.6 is 0 Å². The molecule has 0 aliphatic carbocycles. The lowest BCUT2D eigenvalue weighted by Gasteiger charge is -2.12. The molecule has 0 spiro atoms. The molecule has 5 aromatic rings. The predicted molar refractivity (Wildman–Crippen MR) is 206 cm³/mol. The summed E-state index contributed by atoms with van der Waals surface area (Å²) in [5.74, 6) is -1.12. The van der Waals surface area contributed by atoms with Crippen LogP contribution in [0.2, 0.25) is 0 Å². The molecule has 0 heterocycles. The van der Waals surface area contributed by atoms with Crippen LogP contribution in [0.25, 0.3) is 21.5 Å². The quantitative estimate of drug-likeness (QED) is 0.0265. The maximum absolute atomic E-state index is 13.2. The van der Waals surface area contributed by atoms with E-state index in [2.05, 4.69) is 13.2 Å². The summed E-state index contributed by atoms with van der Waals surface area (Å²) in [5, 5.41) is 3.29. The highest BCUT2D eigenvalue weighted by molar-refractivity contribution is 6.01. The van der Waals surface area contributed by atoms with Crippen molar-refractivity contribution < 1.29 is 52.4 Å². The third-order valence-electron chi connectivity index (χ3n) is 8.28. The van der Waals surface area contributed by atoms with E-state index >= 15 is 0 Å². The lowest BCUT2D eigenvalue weighted by atomic mass is 10.1. The minimum absolute atomic E-state index is 0.0280. The Morgan fingerprint density at radius 3 is 1.44 bits per heavy atom. The van der Waals surface area contributed by atoms with Gasteiger partial charge in [0.2, 0.25) is 0 Å². The topological polar surface area (TPSA) is 141 Å². The highest BCUT2D eigenvalue weighted by atomic mass is 16.5. The van der Waals surface area contributed by atoms with Gasteiger partial charge in [-0.3, -0.25) is 4.79 Å². The number of benzene rings is 5. The molecule has 0 fully saturated rings. The number of carbonyl (C=O) groups excluding carboxylic acids is 5. The fraction of sp³-hybridized carbons (Fsp3) is 0.205. The van der Waals surface area contributed by atoms with Crippen LogP contribution in [0, 0.1) is 0 Å². The Morgan fingerprint density at radius 2 is 0.945 bits per heavy atom. The fourth-order valence-corrected chi connectivity index (χ4v) is 5.39. The molecule has 0 aliphatic heterocycles. The average Bonchev–Trinajstić information content (AvgIpc) is 3.20. The van der Waals surface area contributed by atoms with Gasteiger partial charge in [-0.2, -0.15) is 0 Å². The summed E-state index contributed by atoms with van der Waals surface area (Å²) >= 11 is 0. The Balaban J connectivity index is 1.16. The van der Waals surface area contributed by atoms with E-state index in [1.54, 1.807) is 48.5 Å². The number of ketones is 1. The summed E-state index contributed by atoms with van der Waals surface area (Å²) in [7, 11) is 0. The van der Waals surface area contributed by atoms with Gasteiger partial charge in [-0.1, -0.05) is 37.4 Å². The summed E-state index contributed by atoms with van der Waals surface area (Å²) in [6.45, 7) is 9.54. The Kier molecular flexibility index (Phi) is 13.9. The molecule has 0 saturated heterocycles. The van der Waals surface area contributed by atoms with E-state index in [4.69, 9.17) is 28.4 Å². The molecule has 5 rings (SSSR count). The third-order valence-corrected chi connectivity index (χ3v) is 8.28. The summed E-state index contributed by atoms with van der Waals surface area (Å²) in [4.78, 5) is 61.1. The molecule has 0 atom stereocenters. The molecule has 0 bridgehead atoms. The van der Waals surface area contributed by atoms with Crippen LogP contribution in [-0.4, -0.2) is 56.1 Å². The molecule has 55 heavy (non-hydrogen) atoms. The molecule has 282 valence electrons. The number of carbonyl (C=O) groups is 5. The summed E-state index contributed by atoms with van der Waals surface area (Å²) in [5.41, 5.74) is 0.650. The number of hydrogen-bond donors (Lipinski definition) is 0. The summed E-state index contributed by atoms with van der Waals surface area (Å²) < 4.78 is 32.8. The van der Waals surface area contributed by atoms with Crippen LogP contribution in [0.15, 0.2) is 116 Å². The van der Waals surface area contributed by atoms with Gasteiger partial charge in [0, 0.05) is 12.2 Å². The van der Waals surface area contributed by atoms with Crippen molar-refractivity contribution in [1.82, 2.24) is 0 Å². The molecule has 0 amide bonds. The molecule has 0 aromatic heterocycles. The molecule has 5 aromatic carbocycles. The molecule has 11 nitrogen and oxygen atoms in total. The number of unbranched alkanes of at least 4 members (excludes halogenated alkanes) is 2. The van der Waals surface area contributed by atoms with Gasteiger partial charge < -0.3 is 28.4 Å². The van der Waals surface area contributed by atoms with Crippen molar-refractivity contribution >= 4 is 51.2 Å². The minimum atomic E-state index is -0.664. The molecule has 0 N–H and O–H groups in total. The lowest BCUT2D eigenvalue weighted by molar-refractivity contribution is -0.138. The van der Waals surface area contributed by atoms with E-state index in [0.29, 0.717) is 69.2 Å². The van der Waals surface area contributed by atoms with E-state index in [9.17, 15) is 24.0 Å². The van der Waals surface area contributed by atoms with Gasteiger partial charge in [-0.15, -0.1) is 0 Å². The zero-order chi connectivity index (χ0) is 39.2. The number of fused-ring (bicyclic) bond motifs is 2. The van der Waals surface area contributed by atoms with Crippen molar-refractivity contribution in [3.05, 3.63) is 133 Å². The molecular formula is C44H40O11. The van der Waals surface area contributed by atoms with Crippen LogP contribution in [0.3, 0.4) is 0 Å². The summed E-state index contributed by atoms with van der Waals surface area (Å²) in [6, 6.07) is 25.4. The van der Waals surface area contributed by atoms with Gasteiger partial charge >= 0.3 is 23.9 Å². The van der Waals surface area contributed by atoms with E-state index in [-0.39, 0.29) is 28.4 Å². The lowest BCUT2D eigenvalue weighted by Crippen LogP contribution is -2.12. The largest absolute Gasteiger partial charge is 0.494 e. The first-order chi connectivity index (χ1) is 26.6. The molecule has 0 radical (unpaired) electrons.